The summed E-state index contributed by atoms with van der Waals surface area (Å²) in [4.78, 5) is 51.4. The highest BCUT2D eigenvalue weighted by molar-refractivity contribution is 6.44. The van der Waals surface area contributed by atoms with Gasteiger partial charge < -0.3 is 15.2 Å². The Morgan fingerprint density at radius 3 is 2.11 bits per heavy atom. The van der Waals surface area contributed by atoms with Gasteiger partial charge in [0.05, 0.1) is 28.1 Å². The van der Waals surface area contributed by atoms with Crippen LogP contribution in [0.15, 0.2) is 66.7 Å². The van der Waals surface area contributed by atoms with E-state index in [2.05, 4.69) is 5.32 Å². The molecule has 0 bridgehead atoms. The van der Waals surface area contributed by atoms with Crippen molar-refractivity contribution in [3.8, 4) is 0 Å². The van der Waals surface area contributed by atoms with E-state index in [9.17, 15) is 24.3 Å². The van der Waals surface area contributed by atoms with Crippen LogP contribution in [0.4, 0.5) is 11.4 Å². The number of ether oxygens (including phenoxy) is 1. The number of nitrogens with zero attached hydrogens (tertiary/aromatic N) is 1. The minimum absolute atomic E-state index is 0.0102. The molecule has 1 heterocycles. The predicted molar refractivity (Wildman–Crippen MR) is 145 cm³/mol. The molecule has 0 fully saturated rings. The Hall–Kier alpha value is -4.72. The van der Waals surface area contributed by atoms with Gasteiger partial charge in [0.2, 0.25) is 5.91 Å². The quantitative estimate of drug-likeness (QED) is 0.342. The van der Waals surface area contributed by atoms with Crippen LogP contribution in [0.3, 0.4) is 0 Å². The van der Waals surface area contributed by atoms with Gasteiger partial charge in [0.15, 0.2) is 0 Å². The third-order valence-corrected chi connectivity index (χ3v) is 5.92. The molecule has 0 aliphatic carbocycles. The fourth-order valence-corrected chi connectivity index (χ4v) is 4.26. The van der Waals surface area contributed by atoms with Crippen molar-refractivity contribution in [2.75, 3.05) is 10.2 Å². The van der Waals surface area contributed by atoms with Crippen molar-refractivity contribution in [2.24, 2.45) is 0 Å². The standard InChI is InChI=1S/C30H28N2O6/c1-17-15-23-24(16-22(17)28(35)36)32(18(2)33)27(34)25(23)26(19-9-7-6-8-10-19)31-21-13-11-20(12-14-21)29(37)38-30(3,4)5/h6-16,31H,1-5H3,(H,35,36). The van der Waals surface area contributed by atoms with Gasteiger partial charge in [-0.15, -0.1) is 0 Å². The van der Waals surface area contributed by atoms with Crippen LogP contribution in [0.5, 0.6) is 0 Å². The molecule has 194 valence electrons. The molecule has 4 rings (SSSR count). The van der Waals surface area contributed by atoms with Gasteiger partial charge in [0, 0.05) is 18.2 Å². The van der Waals surface area contributed by atoms with Crippen LogP contribution < -0.4 is 10.2 Å². The molecule has 3 aromatic rings. The van der Waals surface area contributed by atoms with Gasteiger partial charge in [-0.3, -0.25) is 9.59 Å². The van der Waals surface area contributed by atoms with Gasteiger partial charge in [-0.1, -0.05) is 30.3 Å². The summed E-state index contributed by atoms with van der Waals surface area (Å²) < 4.78 is 5.43. The van der Waals surface area contributed by atoms with Gasteiger partial charge in [-0.05, 0) is 75.2 Å². The summed E-state index contributed by atoms with van der Waals surface area (Å²) in [6, 6.07) is 18.8. The number of carbonyl (C=O) groups is 4. The zero-order valence-corrected chi connectivity index (χ0v) is 21.8. The molecular weight excluding hydrogens is 484 g/mol. The highest BCUT2D eigenvalue weighted by Gasteiger charge is 2.38. The number of hydrogen-bond donors (Lipinski definition) is 2. The van der Waals surface area contributed by atoms with Crippen LogP contribution >= 0.6 is 0 Å². The predicted octanol–water partition coefficient (Wildman–Crippen LogP) is 5.52. The van der Waals surface area contributed by atoms with E-state index >= 15 is 0 Å². The SMILES string of the molecule is CC(=O)N1C(=O)C(=C(Nc2ccc(C(=O)OC(C)(C)C)cc2)c2ccccc2)c2cc(C)c(C(=O)O)cc21. The van der Waals surface area contributed by atoms with Gasteiger partial charge in [0.1, 0.15) is 5.60 Å². The summed E-state index contributed by atoms with van der Waals surface area (Å²) >= 11 is 0. The average Bonchev–Trinajstić information content (AvgIpc) is 3.12. The molecule has 1 aliphatic rings. The van der Waals surface area contributed by atoms with E-state index in [1.807, 2.05) is 30.3 Å². The smallest absolute Gasteiger partial charge is 0.338 e. The second-order valence-electron chi connectivity index (χ2n) is 9.97. The number of carboxylic acid groups (broad SMARTS) is 1. The van der Waals surface area contributed by atoms with Crippen LogP contribution in [0, 0.1) is 6.92 Å². The lowest BCUT2D eigenvalue weighted by atomic mass is 9.96. The fraction of sp³-hybridized carbons (Fsp3) is 0.200. The maximum absolute atomic E-state index is 13.7. The average molecular weight is 513 g/mol. The maximum Gasteiger partial charge on any atom is 0.338 e. The Labute approximate surface area is 220 Å². The lowest BCUT2D eigenvalue weighted by Gasteiger charge is -2.19. The summed E-state index contributed by atoms with van der Waals surface area (Å²) in [6.07, 6.45) is 0. The number of fused-ring (bicyclic) bond motifs is 1. The molecule has 0 spiro atoms. The monoisotopic (exact) mass is 512 g/mol. The second kappa shape index (κ2) is 9.97. The number of esters is 1. The van der Waals surface area contributed by atoms with Gasteiger partial charge >= 0.3 is 11.9 Å². The lowest BCUT2D eigenvalue weighted by Crippen LogP contribution is -2.31. The van der Waals surface area contributed by atoms with E-state index in [1.54, 1.807) is 58.0 Å². The first-order valence-electron chi connectivity index (χ1n) is 12.0. The van der Waals surface area contributed by atoms with E-state index in [4.69, 9.17) is 4.74 Å². The van der Waals surface area contributed by atoms with E-state index < -0.39 is 29.4 Å². The molecule has 0 saturated heterocycles. The number of imide groups is 1. The minimum atomic E-state index is -1.15. The number of amides is 2. The normalized spacial score (nSPS) is 14.1. The molecular formula is C30H28N2O6. The number of hydrogen-bond acceptors (Lipinski definition) is 6. The Morgan fingerprint density at radius 1 is 0.921 bits per heavy atom. The Morgan fingerprint density at radius 2 is 1.55 bits per heavy atom. The van der Waals surface area contributed by atoms with Crippen molar-refractivity contribution < 1.29 is 29.0 Å². The number of carboxylic acids is 1. The molecule has 2 N–H and O–H groups in total. The van der Waals surface area contributed by atoms with Gasteiger partial charge in [-0.2, -0.15) is 0 Å². The van der Waals surface area contributed by atoms with Crippen LogP contribution in [-0.2, 0) is 14.3 Å². The van der Waals surface area contributed by atoms with Crippen molar-refractivity contribution in [3.63, 3.8) is 0 Å². The van der Waals surface area contributed by atoms with Crippen LogP contribution in [0.25, 0.3) is 11.3 Å². The molecule has 0 aromatic heterocycles. The maximum atomic E-state index is 13.7. The third-order valence-electron chi connectivity index (χ3n) is 5.92. The molecule has 0 unspecified atom stereocenters. The van der Waals surface area contributed by atoms with Gasteiger partial charge in [-0.25, -0.2) is 14.5 Å². The molecule has 3 aromatic carbocycles. The molecule has 1 aliphatic heterocycles. The lowest BCUT2D eigenvalue weighted by molar-refractivity contribution is -0.122. The van der Waals surface area contributed by atoms with E-state index in [1.165, 1.54) is 13.0 Å². The first kappa shape index (κ1) is 26.3. The fourth-order valence-electron chi connectivity index (χ4n) is 4.26. The minimum Gasteiger partial charge on any atom is -0.478 e. The zero-order valence-electron chi connectivity index (χ0n) is 21.8. The summed E-state index contributed by atoms with van der Waals surface area (Å²) in [5, 5.41) is 12.9. The zero-order chi connectivity index (χ0) is 27.8. The van der Waals surface area contributed by atoms with Crippen molar-refractivity contribution in [2.45, 2.75) is 40.2 Å². The first-order valence-corrected chi connectivity index (χ1v) is 12.0. The van der Waals surface area contributed by atoms with E-state index in [0.717, 1.165) is 4.90 Å². The number of anilines is 2. The van der Waals surface area contributed by atoms with Crippen molar-refractivity contribution in [1.29, 1.82) is 0 Å². The third kappa shape index (κ3) is 5.20. The van der Waals surface area contributed by atoms with Crippen molar-refractivity contribution in [3.05, 3.63) is 94.5 Å². The number of nitrogens with one attached hydrogen (secondary N) is 1. The number of aryl methyl sites for hydroxylation is 1. The highest BCUT2D eigenvalue weighted by Crippen LogP contribution is 2.42. The van der Waals surface area contributed by atoms with E-state index in [-0.39, 0.29) is 16.8 Å². The molecule has 0 radical (unpaired) electrons. The van der Waals surface area contributed by atoms with Crippen molar-refractivity contribution in [1.82, 2.24) is 0 Å². The molecule has 8 nitrogen and oxygen atoms in total. The van der Waals surface area contributed by atoms with Gasteiger partial charge in [0.25, 0.3) is 5.91 Å². The number of rotatable bonds is 5. The Balaban J connectivity index is 1.86. The summed E-state index contributed by atoms with van der Waals surface area (Å²) in [5.74, 6) is -2.69. The topological polar surface area (TPSA) is 113 Å². The molecule has 2 amide bonds. The second-order valence-corrected chi connectivity index (χ2v) is 9.97. The molecule has 8 heteroatoms. The molecule has 0 atom stereocenters. The summed E-state index contributed by atoms with van der Waals surface area (Å²) in [5.41, 5.74) is 2.84. The highest BCUT2D eigenvalue weighted by atomic mass is 16.6. The van der Waals surface area contributed by atoms with Crippen molar-refractivity contribution >= 4 is 46.4 Å². The molecule has 0 saturated carbocycles. The summed E-state index contributed by atoms with van der Waals surface area (Å²) in [6.45, 7) is 8.28. The van der Waals surface area contributed by atoms with Crippen LogP contribution in [0.2, 0.25) is 0 Å². The summed E-state index contributed by atoms with van der Waals surface area (Å²) in [7, 11) is 0. The first-order chi connectivity index (χ1) is 17.9. The number of benzene rings is 3. The molecule has 38 heavy (non-hydrogen) atoms. The van der Waals surface area contributed by atoms with E-state index in [0.29, 0.717) is 33.6 Å². The van der Waals surface area contributed by atoms with Crippen LogP contribution in [-0.4, -0.2) is 34.5 Å². The van der Waals surface area contributed by atoms with Crippen LogP contribution in [0.1, 0.15) is 65.1 Å². The Kier molecular flexibility index (Phi) is 6.91. The number of aromatic carboxylic acids is 1. The Bertz CT molecular complexity index is 1480. The number of carbonyl (C=O) groups excluding carboxylic acids is 3. The largest absolute Gasteiger partial charge is 0.478 e.